The van der Waals surface area contributed by atoms with E-state index in [2.05, 4.69) is 14.9 Å². The lowest BCUT2D eigenvalue weighted by atomic mass is 9.98. The number of esters is 1. The zero-order valence-corrected chi connectivity index (χ0v) is 10.9. The Bertz CT molecular complexity index is 422. The lowest BCUT2D eigenvalue weighted by Gasteiger charge is -2.32. The number of hydrogen-bond donors (Lipinski definition) is 0. The predicted octanol–water partition coefficient (Wildman–Crippen LogP) is 1.56. The third-order valence-corrected chi connectivity index (χ3v) is 3.13. The monoisotopic (exact) mass is 249 g/mol. The molecule has 0 saturated carbocycles. The molecule has 2 heterocycles. The van der Waals surface area contributed by atoms with Gasteiger partial charge in [0.15, 0.2) is 0 Å². The van der Waals surface area contributed by atoms with Crippen LogP contribution in [0.5, 0.6) is 0 Å². The van der Waals surface area contributed by atoms with E-state index in [0.29, 0.717) is 13.2 Å². The van der Waals surface area contributed by atoms with Crippen molar-refractivity contribution in [1.29, 1.82) is 0 Å². The maximum absolute atomic E-state index is 11.8. The predicted molar refractivity (Wildman–Crippen MR) is 68.3 cm³/mol. The highest BCUT2D eigenvalue weighted by molar-refractivity contribution is 5.73. The van der Waals surface area contributed by atoms with Crippen molar-refractivity contribution >= 4 is 11.8 Å². The highest BCUT2D eigenvalue weighted by Gasteiger charge is 2.27. The number of aryl methyl sites for hydroxylation is 1. The lowest BCUT2D eigenvalue weighted by molar-refractivity contribution is -0.148. The van der Waals surface area contributed by atoms with Crippen molar-refractivity contribution < 1.29 is 9.53 Å². The van der Waals surface area contributed by atoms with Crippen LogP contribution in [0.1, 0.15) is 25.6 Å². The summed E-state index contributed by atoms with van der Waals surface area (Å²) in [6, 6.07) is 1.89. The summed E-state index contributed by atoms with van der Waals surface area (Å²) >= 11 is 0. The van der Waals surface area contributed by atoms with E-state index in [1.54, 1.807) is 6.20 Å². The number of nitrogens with zero attached hydrogens (tertiary/aromatic N) is 3. The normalized spacial score (nSPS) is 19.7. The van der Waals surface area contributed by atoms with Crippen molar-refractivity contribution in [1.82, 2.24) is 9.97 Å². The topological polar surface area (TPSA) is 55.3 Å². The summed E-state index contributed by atoms with van der Waals surface area (Å²) in [4.78, 5) is 22.4. The van der Waals surface area contributed by atoms with Gasteiger partial charge < -0.3 is 9.64 Å². The van der Waals surface area contributed by atoms with Gasteiger partial charge in [-0.3, -0.25) is 4.79 Å². The SMILES string of the molecule is CCOC(=O)C1CCCN(c2ccnc(C)n2)C1. The second kappa shape index (κ2) is 5.80. The highest BCUT2D eigenvalue weighted by atomic mass is 16.5. The molecule has 0 radical (unpaired) electrons. The summed E-state index contributed by atoms with van der Waals surface area (Å²) in [7, 11) is 0. The molecular formula is C13H19N3O2. The number of aromatic nitrogens is 2. The van der Waals surface area contributed by atoms with Crippen LogP contribution in [-0.4, -0.2) is 35.6 Å². The van der Waals surface area contributed by atoms with Crippen LogP contribution in [0.25, 0.3) is 0 Å². The van der Waals surface area contributed by atoms with E-state index in [-0.39, 0.29) is 11.9 Å². The molecule has 18 heavy (non-hydrogen) atoms. The van der Waals surface area contributed by atoms with Gasteiger partial charge in [0.1, 0.15) is 11.6 Å². The van der Waals surface area contributed by atoms with Gasteiger partial charge in [0.25, 0.3) is 0 Å². The van der Waals surface area contributed by atoms with Gasteiger partial charge in [-0.15, -0.1) is 0 Å². The van der Waals surface area contributed by atoms with Crippen molar-refractivity contribution in [3.63, 3.8) is 0 Å². The molecule has 98 valence electrons. The van der Waals surface area contributed by atoms with E-state index < -0.39 is 0 Å². The Labute approximate surface area is 107 Å². The first-order valence-electron chi connectivity index (χ1n) is 6.42. The van der Waals surface area contributed by atoms with Crippen molar-refractivity contribution in [3.05, 3.63) is 18.1 Å². The minimum atomic E-state index is -0.0898. The summed E-state index contributed by atoms with van der Waals surface area (Å²) in [6.07, 6.45) is 3.65. The third-order valence-electron chi connectivity index (χ3n) is 3.13. The van der Waals surface area contributed by atoms with Gasteiger partial charge in [-0.2, -0.15) is 0 Å². The van der Waals surface area contributed by atoms with E-state index in [0.717, 1.165) is 31.0 Å². The van der Waals surface area contributed by atoms with Crippen LogP contribution in [0, 0.1) is 12.8 Å². The van der Waals surface area contributed by atoms with Gasteiger partial charge >= 0.3 is 5.97 Å². The molecule has 1 aromatic rings. The number of anilines is 1. The number of ether oxygens (including phenoxy) is 1. The number of carbonyl (C=O) groups is 1. The van der Waals surface area contributed by atoms with E-state index in [1.165, 1.54) is 0 Å². The molecule has 1 atom stereocenters. The van der Waals surface area contributed by atoms with Gasteiger partial charge in [0, 0.05) is 19.3 Å². The second-order valence-electron chi connectivity index (χ2n) is 4.50. The molecule has 0 aliphatic carbocycles. The van der Waals surface area contributed by atoms with Crippen LogP contribution in [0.4, 0.5) is 5.82 Å². The molecule has 0 spiro atoms. The molecular weight excluding hydrogens is 230 g/mol. The molecule has 2 rings (SSSR count). The third kappa shape index (κ3) is 2.97. The quantitative estimate of drug-likeness (QED) is 0.761. The zero-order valence-electron chi connectivity index (χ0n) is 10.9. The smallest absolute Gasteiger partial charge is 0.310 e. The van der Waals surface area contributed by atoms with Crippen LogP contribution in [-0.2, 0) is 9.53 Å². The molecule has 1 fully saturated rings. The van der Waals surface area contributed by atoms with Gasteiger partial charge in [-0.25, -0.2) is 9.97 Å². The Kier molecular flexibility index (Phi) is 4.12. The van der Waals surface area contributed by atoms with E-state index >= 15 is 0 Å². The molecule has 5 nitrogen and oxygen atoms in total. The largest absolute Gasteiger partial charge is 0.466 e. The first-order chi connectivity index (χ1) is 8.70. The average molecular weight is 249 g/mol. The van der Waals surface area contributed by atoms with Crippen LogP contribution in [0.3, 0.4) is 0 Å². The molecule has 5 heteroatoms. The van der Waals surface area contributed by atoms with Crippen LogP contribution in [0.2, 0.25) is 0 Å². The fourth-order valence-corrected chi connectivity index (χ4v) is 2.26. The number of carbonyl (C=O) groups excluding carboxylic acids is 1. The summed E-state index contributed by atoms with van der Waals surface area (Å²) in [5, 5.41) is 0. The Balaban J connectivity index is 2.04. The molecule has 0 N–H and O–H groups in total. The molecule has 1 saturated heterocycles. The molecule has 1 aliphatic heterocycles. The first kappa shape index (κ1) is 12.8. The Morgan fingerprint density at radius 2 is 2.44 bits per heavy atom. The van der Waals surface area contributed by atoms with Crippen molar-refractivity contribution in [2.24, 2.45) is 5.92 Å². The second-order valence-corrected chi connectivity index (χ2v) is 4.50. The molecule has 1 aromatic heterocycles. The standard InChI is InChI=1S/C13H19N3O2/c1-3-18-13(17)11-5-4-8-16(9-11)12-6-7-14-10(2)15-12/h6-7,11H,3-5,8-9H2,1-2H3. The molecule has 1 unspecified atom stereocenters. The van der Waals surface area contributed by atoms with Crippen LogP contribution < -0.4 is 4.90 Å². The van der Waals surface area contributed by atoms with Crippen molar-refractivity contribution in [2.45, 2.75) is 26.7 Å². The van der Waals surface area contributed by atoms with Gasteiger partial charge in [-0.05, 0) is 32.8 Å². The minimum absolute atomic E-state index is 0.0334. The number of piperidine rings is 1. The van der Waals surface area contributed by atoms with E-state index in [4.69, 9.17) is 4.74 Å². The van der Waals surface area contributed by atoms with E-state index in [1.807, 2.05) is 19.9 Å². The van der Waals surface area contributed by atoms with Crippen LogP contribution >= 0.6 is 0 Å². The summed E-state index contributed by atoms with van der Waals surface area (Å²) in [6.45, 7) is 5.78. The Morgan fingerprint density at radius 1 is 1.61 bits per heavy atom. The Hall–Kier alpha value is -1.65. The summed E-state index contributed by atoms with van der Waals surface area (Å²) in [5.41, 5.74) is 0. The number of hydrogen-bond acceptors (Lipinski definition) is 5. The molecule has 0 aromatic carbocycles. The summed E-state index contributed by atoms with van der Waals surface area (Å²) in [5.74, 6) is 1.53. The van der Waals surface area contributed by atoms with Gasteiger partial charge in [0.05, 0.1) is 12.5 Å². The zero-order chi connectivity index (χ0) is 13.0. The van der Waals surface area contributed by atoms with Gasteiger partial charge in [0.2, 0.25) is 0 Å². The van der Waals surface area contributed by atoms with Crippen molar-refractivity contribution in [2.75, 3.05) is 24.6 Å². The highest BCUT2D eigenvalue weighted by Crippen LogP contribution is 2.22. The average Bonchev–Trinajstić information content (AvgIpc) is 2.39. The minimum Gasteiger partial charge on any atom is -0.466 e. The maximum Gasteiger partial charge on any atom is 0.310 e. The Morgan fingerprint density at radius 3 is 3.17 bits per heavy atom. The molecule has 1 aliphatic rings. The number of rotatable bonds is 3. The van der Waals surface area contributed by atoms with Crippen LogP contribution in [0.15, 0.2) is 12.3 Å². The van der Waals surface area contributed by atoms with Gasteiger partial charge in [-0.1, -0.05) is 0 Å². The lowest BCUT2D eigenvalue weighted by Crippen LogP contribution is -2.39. The summed E-state index contributed by atoms with van der Waals surface area (Å²) < 4.78 is 5.09. The fourth-order valence-electron chi connectivity index (χ4n) is 2.26. The van der Waals surface area contributed by atoms with E-state index in [9.17, 15) is 4.79 Å². The molecule has 0 bridgehead atoms. The first-order valence-corrected chi connectivity index (χ1v) is 6.42. The van der Waals surface area contributed by atoms with Crippen molar-refractivity contribution in [3.8, 4) is 0 Å². The maximum atomic E-state index is 11.8. The fraction of sp³-hybridized carbons (Fsp3) is 0.615. The molecule has 0 amide bonds.